The Labute approximate surface area is 102 Å². The van der Waals surface area contributed by atoms with E-state index in [1.807, 2.05) is 30.2 Å². The molecule has 0 aliphatic heterocycles. The van der Waals surface area contributed by atoms with E-state index in [1.54, 1.807) is 6.92 Å². The zero-order chi connectivity index (χ0) is 12.8. The Morgan fingerprint density at radius 2 is 2.24 bits per heavy atom. The van der Waals surface area contributed by atoms with Crippen LogP contribution in [0.25, 0.3) is 0 Å². The van der Waals surface area contributed by atoms with E-state index in [-0.39, 0.29) is 5.92 Å². The van der Waals surface area contributed by atoms with Crippen molar-refractivity contribution in [3.8, 4) is 0 Å². The number of carboxylic acids is 1. The summed E-state index contributed by atoms with van der Waals surface area (Å²) < 4.78 is 0. The third-order valence-corrected chi connectivity index (χ3v) is 2.63. The molecule has 1 heterocycles. The van der Waals surface area contributed by atoms with Crippen molar-refractivity contribution >= 4 is 11.8 Å². The Balaban J connectivity index is 2.78. The summed E-state index contributed by atoms with van der Waals surface area (Å²) >= 11 is 0. The van der Waals surface area contributed by atoms with Crippen molar-refractivity contribution in [2.75, 3.05) is 18.0 Å². The van der Waals surface area contributed by atoms with Gasteiger partial charge in [-0.2, -0.15) is 0 Å². The maximum absolute atomic E-state index is 10.9. The predicted molar refractivity (Wildman–Crippen MR) is 68.3 cm³/mol. The highest BCUT2D eigenvalue weighted by molar-refractivity contribution is 5.70. The Kier molecular flexibility index (Phi) is 4.94. The molecule has 0 spiro atoms. The summed E-state index contributed by atoms with van der Waals surface area (Å²) in [5, 5.41) is 8.94. The largest absolute Gasteiger partial charge is 0.481 e. The Morgan fingerprint density at radius 1 is 1.53 bits per heavy atom. The third kappa shape index (κ3) is 4.06. The van der Waals surface area contributed by atoms with E-state index in [4.69, 9.17) is 5.11 Å². The summed E-state index contributed by atoms with van der Waals surface area (Å²) in [7, 11) is 0. The zero-order valence-corrected chi connectivity index (χ0v) is 10.7. The number of carboxylic acid groups (broad SMARTS) is 1. The molecule has 0 saturated heterocycles. The molecular formula is C13H20N2O2. The number of carbonyl (C=O) groups is 1. The summed E-state index contributed by atoms with van der Waals surface area (Å²) in [6.07, 6.45) is 2.78. The first-order valence-electron chi connectivity index (χ1n) is 5.95. The van der Waals surface area contributed by atoms with E-state index in [0.29, 0.717) is 6.54 Å². The molecule has 1 N–H and O–H groups in total. The molecule has 1 rings (SSSR count). The topological polar surface area (TPSA) is 53.4 Å². The fourth-order valence-corrected chi connectivity index (χ4v) is 1.63. The lowest BCUT2D eigenvalue weighted by Crippen LogP contribution is -2.33. The van der Waals surface area contributed by atoms with E-state index in [1.165, 1.54) is 0 Å². The number of rotatable bonds is 6. The average molecular weight is 236 g/mol. The van der Waals surface area contributed by atoms with Gasteiger partial charge in [0.15, 0.2) is 0 Å². The number of hydrogen-bond acceptors (Lipinski definition) is 3. The molecule has 0 aliphatic carbocycles. The van der Waals surface area contributed by atoms with Crippen molar-refractivity contribution in [2.24, 2.45) is 5.92 Å². The maximum atomic E-state index is 10.9. The Hall–Kier alpha value is -1.58. The van der Waals surface area contributed by atoms with E-state index in [9.17, 15) is 4.79 Å². The summed E-state index contributed by atoms with van der Waals surface area (Å²) in [5.41, 5.74) is 1.11. The van der Waals surface area contributed by atoms with Crippen LogP contribution < -0.4 is 4.90 Å². The number of nitrogens with zero attached hydrogens (tertiary/aromatic N) is 2. The summed E-state index contributed by atoms with van der Waals surface area (Å²) in [5.74, 6) is -0.298. The van der Waals surface area contributed by atoms with Crippen LogP contribution in [-0.2, 0) is 4.79 Å². The number of hydrogen-bond donors (Lipinski definition) is 1. The van der Waals surface area contributed by atoms with Crippen LogP contribution in [0.15, 0.2) is 18.3 Å². The highest BCUT2D eigenvalue weighted by Gasteiger charge is 2.16. The van der Waals surface area contributed by atoms with E-state index in [0.717, 1.165) is 24.3 Å². The van der Waals surface area contributed by atoms with Crippen LogP contribution in [0.5, 0.6) is 0 Å². The van der Waals surface area contributed by atoms with Crippen molar-refractivity contribution in [3.63, 3.8) is 0 Å². The fourth-order valence-electron chi connectivity index (χ4n) is 1.63. The minimum atomic E-state index is -0.766. The van der Waals surface area contributed by atoms with Gasteiger partial charge in [0.2, 0.25) is 0 Å². The first kappa shape index (κ1) is 13.5. The van der Waals surface area contributed by atoms with Gasteiger partial charge in [-0.1, -0.05) is 19.9 Å². The first-order chi connectivity index (χ1) is 8.04. The molecule has 0 aromatic carbocycles. The normalized spacial score (nSPS) is 12.2. The van der Waals surface area contributed by atoms with Gasteiger partial charge in [0.25, 0.3) is 0 Å². The quantitative estimate of drug-likeness (QED) is 0.823. The lowest BCUT2D eigenvalue weighted by Gasteiger charge is -2.25. The first-order valence-corrected chi connectivity index (χ1v) is 5.95. The number of aryl methyl sites for hydroxylation is 1. The monoisotopic (exact) mass is 236 g/mol. The van der Waals surface area contributed by atoms with Gasteiger partial charge in [-0.15, -0.1) is 0 Å². The molecule has 0 fully saturated rings. The second-order valence-corrected chi connectivity index (χ2v) is 4.38. The van der Waals surface area contributed by atoms with Crippen LogP contribution in [0.2, 0.25) is 0 Å². The average Bonchev–Trinajstić information content (AvgIpc) is 2.29. The van der Waals surface area contributed by atoms with Crippen LogP contribution in [0.4, 0.5) is 5.82 Å². The van der Waals surface area contributed by atoms with Gasteiger partial charge in [-0.25, -0.2) is 4.98 Å². The molecule has 17 heavy (non-hydrogen) atoms. The molecule has 0 amide bonds. The Bertz CT molecular complexity index is 362. The highest BCUT2D eigenvalue weighted by atomic mass is 16.4. The number of aliphatic carboxylic acids is 1. The van der Waals surface area contributed by atoms with Crippen LogP contribution in [-0.4, -0.2) is 29.1 Å². The number of anilines is 1. The van der Waals surface area contributed by atoms with Gasteiger partial charge in [0, 0.05) is 19.3 Å². The van der Waals surface area contributed by atoms with E-state index in [2.05, 4.69) is 11.9 Å². The lowest BCUT2D eigenvalue weighted by molar-refractivity contribution is -0.140. The van der Waals surface area contributed by atoms with Crippen molar-refractivity contribution in [2.45, 2.75) is 27.2 Å². The molecule has 0 aliphatic rings. The predicted octanol–water partition coefficient (Wildman–Crippen LogP) is 2.33. The zero-order valence-electron chi connectivity index (χ0n) is 10.7. The molecule has 4 heteroatoms. The second-order valence-electron chi connectivity index (χ2n) is 4.38. The molecule has 1 aromatic rings. The lowest BCUT2D eigenvalue weighted by atomic mass is 10.1. The van der Waals surface area contributed by atoms with Crippen molar-refractivity contribution in [1.29, 1.82) is 0 Å². The molecule has 1 atom stereocenters. The second kappa shape index (κ2) is 6.23. The van der Waals surface area contributed by atoms with Crippen LogP contribution in [0, 0.1) is 12.8 Å². The summed E-state index contributed by atoms with van der Waals surface area (Å²) in [4.78, 5) is 17.2. The molecule has 1 aromatic heterocycles. The number of pyridine rings is 1. The Morgan fingerprint density at radius 3 is 2.71 bits per heavy atom. The minimum Gasteiger partial charge on any atom is -0.481 e. The minimum absolute atomic E-state index is 0.385. The van der Waals surface area contributed by atoms with Crippen molar-refractivity contribution in [3.05, 3.63) is 23.9 Å². The molecule has 4 nitrogen and oxygen atoms in total. The molecule has 0 radical (unpaired) electrons. The molecule has 0 bridgehead atoms. The fraction of sp³-hybridized carbons (Fsp3) is 0.538. The standard InChI is InChI=1S/C13H20N2O2/c1-4-7-15(9-11(3)13(16)17)12-6-5-10(2)8-14-12/h5-6,8,11H,4,7,9H2,1-3H3,(H,16,17). The van der Waals surface area contributed by atoms with Crippen molar-refractivity contribution in [1.82, 2.24) is 4.98 Å². The summed E-state index contributed by atoms with van der Waals surface area (Å²) in [6.45, 7) is 7.11. The maximum Gasteiger partial charge on any atom is 0.308 e. The van der Waals surface area contributed by atoms with Gasteiger partial charge in [-0.05, 0) is 25.0 Å². The van der Waals surface area contributed by atoms with Crippen molar-refractivity contribution < 1.29 is 9.90 Å². The van der Waals surface area contributed by atoms with E-state index >= 15 is 0 Å². The van der Waals surface area contributed by atoms with Crippen LogP contribution in [0.3, 0.4) is 0 Å². The van der Waals surface area contributed by atoms with Gasteiger partial charge in [0.05, 0.1) is 5.92 Å². The smallest absolute Gasteiger partial charge is 0.308 e. The van der Waals surface area contributed by atoms with Gasteiger partial charge in [-0.3, -0.25) is 4.79 Å². The van der Waals surface area contributed by atoms with Gasteiger partial charge < -0.3 is 10.0 Å². The third-order valence-electron chi connectivity index (χ3n) is 2.63. The van der Waals surface area contributed by atoms with Gasteiger partial charge in [0.1, 0.15) is 5.82 Å². The molecule has 94 valence electrons. The van der Waals surface area contributed by atoms with Crippen LogP contribution in [0.1, 0.15) is 25.8 Å². The highest BCUT2D eigenvalue weighted by Crippen LogP contribution is 2.13. The molecule has 1 unspecified atom stereocenters. The summed E-state index contributed by atoms with van der Waals surface area (Å²) in [6, 6.07) is 3.94. The number of aromatic nitrogens is 1. The molecular weight excluding hydrogens is 216 g/mol. The SMILES string of the molecule is CCCN(CC(C)C(=O)O)c1ccc(C)cn1. The van der Waals surface area contributed by atoms with E-state index < -0.39 is 5.97 Å². The van der Waals surface area contributed by atoms with Gasteiger partial charge >= 0.3 is 5.97 Å². The van der Waals surface area contributed by atoms with Crippen LogP contribution >= 0.6 is 0 Å². The molecule has 0 saturated carbocycles.